The van der Waals surface area contributed by atoms with Crippen LogP contribution in [0.1, 0.15) is 320 Å². The fourth-order valence-corrected chi connectivity index (χ4v) is 16.9. The molecule has 0 aliphatic heterocycles. The number of carbonyl (C=O) groups excluding carboxylic acids is 16. The van der Waals surface area contributed by atoms with Crippen molar-refractivity contribution in [3.8, 4) is 0 Å². The van der Waals surface area contributed by atoms with E-state index in [2.05, 4.69) is 91.7 Å². The largest absolute Gasteiger partial charge is 0.368 e. The first-order valence-electron chi connectivity index (χ1n) is 53.1. The van der Waals surface area contributed by atoms with Gasteiger partial charge in [0.05, 0.1) is 6.54 Å². The number of fused-ring (bicyclic) bond motifs is 1. The molecule has 808 valence electrons. The lowest BCUT2D eigenvalue weighted by Gasteiger charge is -2.29. The fourth-order valence-electron chi connectivity index (χ4n) is 16.9. The summed E-state index contributed by atoms with van der Waals surface area (Å²) in [6.07, 6.45) is 22.1. The Balaban J connectivity index is 1.90. The van der Waals surface area contributed by atoms with Crippen LogP contribution in [0.4, 0.5) is 0 Å². The minimum Gasteiger partial charge on any atom is -0.368 e. The summed E-state index contributed by atoms with van der Waals surface area (Å²) in [5.41, 5.74) is 37.4. The van der Waals surface area contributed by atoms with Crippen LogP contribution in [0.2, 0.25) is 0 Å². The molecular formula is C105H182N22O16. The zero-order valence-electron chi connectivity index (χ0n) is 88.3. The number of para-hydroxylation sites is 1. The second kappa shape index (κ2) is 71.7. The molecule has 2 aromatic carbocycles. The van der Waals surface area contributed by atoms with E-state index < -0.39 is 197 Å². The molecular weight excluding hydrogens is 1830 g/mol. The van der Waals surface area contributed by atoms with Crippen LogP contribution < -0.4 is 114 Å². The molecule has 0 unspecified atom stereocenters. The van der Waals surface area contributed by atoms with Gasteiger partial charge in [-0.3, -0.25) is 76.7 Å². The number of nitrogens with one attached hydrogen (secondary N) is 16. The van der Waals surface area contributed by atoms with E-state index in [1.807, 2.05) is 65.8 Å². The molecule has 0 saturated heterocycles. The zero-order chi connectivity index (χ0) is 106. The maximum absolute atomic E-state index is 15.2. The molecule has 38 heteroatoms. The highest BCUT2D eigenvalue weighted by Crippen LogP contribution is 2.23. The van der Waals surface area contributed by atoms with Gasteiger partial charge in [0.25, 0.3) is 0 Å². The number of aromatic nitrogens is 1. The summed E-state index contributed by atoms with van der Waals surface area (Å²) in [7, 11) is 0. The highest BCUT2D eigenvalue weighted by molar-refractivity contribution is 6.01. The number of carbonyl (C=O) groups is 16. The molecule has 0 aliphatic carbocycles. The number of hydrogen-bond acceptors (Lipinski definition) is 21. The Morgan fingerprint density at radius 3 is 1.03 bits per heavy atom. The number of rotatable bonds is 78. The first-order chi connectivity index (χ1) is 68.2. The molecule has 16 amide bonds. The first-order valence-corrected chi connectivity index (χ1v) is 53.1. The number of amides is 16. The molecule has 0 radical (unpaired) electrons. The van der Waals surface area contributed by atoms with Gasteiger partial charge in [-0.25, -0.2) is 0 Å². The van der Waals surface area contributed by atoms with E-state index in [0.29, 0.717) is 94.7 Å². The highest BCUT2D eigenvalue weighted by atomic mass is 16.2. The highest BCUT2D eigenvalue weighted by Gasteiger charge is 2.40. The van der Waals surface area contributed by atoms with E-state index in [-0.39, 0.29) is 120 Å². The molecule has 0 spiro atoms. The number of H-pyrrole nitrogens is 1. The maximum Gasteiger partial charge on any atom is 0.243 e. The van der Waals surface area contributed by atoms with E-state index in [4.69, 9.17) is 34.4 Å². The average molecular weight is 2010 g/mol. The summed E-state index contributed by atoms with van der Waals surface area (Å²) < 4.78 is 0. The van der Waals surface area contributed by atoms with Crippen LogP contribution in [0, 0.1) is 35.5 Å². The SMILES string of the molecule is CCCCCCCCCCCCCCCC(=O)N[C@@H](CCCCN)C(=O)N[C@@H](Cc1c[nH]c2ccccc12)C(=O)N[C@@H](CCCCN)C(=O)N[C@@H](CC(C)C)C(=O)N[C@@H](Cc1ccccc1)C(=O)N[C@@H](CCCCN)C(=O)N[C@@H](CCCCN)C(=O)N[C@H](C(=O)NCC(=O)N[C@@H](C)C(=O)N[C@H](C(=O)N[C@@H](CC(C)C)C(=O)N[C@@H](CCCCN)C(=O)N[C@H](C(=O)N[C@@H](CC(C)C)C(N)=O)C(C)C)C(C)C)[C@@H](C)CC. The van der Waals surface area contributed by atoms with Crippen molar-refractivity contribution in [2.45, 2.75) is 406 Å². The summed E-state index contributed by atoms with van der Waals surface area (Å²) in [6.45, 7) is 25.5. The second-order valence-corrected chi connectivity index (χ2v) is 40.5. The van der Waals surface area contributed by atoms with Gasteiger partial charge in [-0.05, 0) is 214 Å². The summed E-state index contributed by atoms with van der Waals surface area (Å²) in [6, 6.07) is -1.27. The minimum atomic E-state index is -1.41. The monoisotopic (exact) mass is 2010 g/mol. The van der Waals surface area contributed by atoms with Crippen LogP contribution >= 0.6 is 0 Å². The predicted octanol–water partition coefficient (Wildman–Crippen LogP) is 5.98. The van der Waals surface area contributed by atoms with Gasteiger partial charge in [0.2, 0.25) is 94.5 Å². The Hall–Kier alpha value is -10.7. The summed E-state index contributed by atoms with van der Waals surface area (Å²) in [5, 5.41) is 42.6. The molecule has 1 heterocycles. The van der Waals surface area contributed by atoms with Crippen molar-refractivity contribution in [1.82, 2.24) is 84.7 Å². The molecule has 0 saturated carbocycles. The van der Waals surface area contributed by atoms with Gasteiger partial charge < -0.3 is 119 Å². The Morgan fingerprint density at radius 1 is 0.301 bits per heavy atom. The lowest BCUT2D eigenvalue weighted by atomic mass is 9.97. The van der Waals surface area contributed by atoms with Crippen LogP contribution in [-0.2, 0) is 89.6 Å². The van der Waals surface area contributed by atoms with Crippen LogP contribution in [0.15, 0.2) is 60.8 Å². The van der Waals surface area contributed by atoms with Gasteiger partial charge in [0.1, 0.15) is 84.6 Å². The third kappa shape index (κ3) is 50.6. The van der Waals surface area contributed by atoms with Crippen LogP contribution in [-0.4, -0.2) is 223 Å². The number of unbranched alkanes of at least 4 members (excludes halogenated alkanes) is 17. The Kier molecular flexibility index (Phi) is 63.4. The lowest BCUT2D eigenvalue weighted by molar-refractivity contribution is -0.136. The van der Waals surface area contributed by atoms with Crippen molar-refractivity contribution in [2.75, 3.05) is 39.3 Å². The molecule has 3 aromatic rings. The van der Waals surface area contributed by atoms with Crippen molar-refractivity contribution in [2.24, 2.45) is 69.9 Å². The van der Waals surface area contributed by atoms with Crippen molar-refractivity contribution >= 4 is 105 Å². The number of aromatic amines is 1. The first kappa shape index (κ1) is 126. The number of hydrogen-bond donors (Lipinski definition) is 22. The van der Waals surface area contributed by atoms with Gasteiger partial charge in [-0.1, -0.05) is 222 Å². The van der Waals surface area contributed by atoms with E-state index in [9.17, 15) is 57.5 Å². The summed E-state index contributed by atoms with van der Waals surface area (Å²) in [5.74, 6) is -13.6. The van der Waals surface area contributed by atoms with Gasteiger partial charge in [0, 0.05) is 36.4 Å². The molecule has 38 nitrogen and oxygen atoms in total. The van der Waals surface area contributed by atoms with Crippen LogP contribution in [0.3, 0.4) is 0 Å². The lowest BCUT2D eigenvalue weighted by Crippen LogP contribution is -2.61. The van der Waals surface area contributed by atoms with Gasteiger partial charge >= 0.3 is 0 Å². The third-order valence-corrected chi connectivity index (χ3v) is 25.6. The van der Waals surface area contributed by atoms with E-state index >= 15 is 19.2 Å². The van der Waals surface area contributed by atoms with Crippen molar-refractivity contribution in [1.29, 1.82) is 0 Å². The molecule has 143 heavy (non-hydrogen) atoms. The Bertz CT molecular complexity index is 4320. The normalized spacial score (nSPS) is 14.7. The smallest absolute Gasteiger partial charge is 0.243 e. The Labute approximate surface area is 849 Å². The topological polar surface area (TPSA) is 625 Å². The molecule has 1 aromatic heterocycles. The van der Waals surface area contributed by atoms with Gasteiger partial charge in [0.15, 0.2) is 0 Å². The van der Waals surface area contributed by atoms with Crippen molar-refractivity contribution in [3.05, 3.63) is 71.9 Å². The second-order valence-electron chi connectivity index (χ2n) is 40.5. The predicted molar refractivity (Wildman–Crippen MR) is 559 cm³/mol. The fraction of sp³-hybridized carbons (Fsp3) is 0.714. The molecule has 0 bridgehead atoms. The van der Waals surface area contributed by atoms with Crippen molar-refractivity contribution < 1.29 is 76.7 Å². The average Bonchev–Trinajstić information content (AvgIpc) is 1.65. The van der Waals surface area contributed by atoms with Gasteiger partial charge in [-0.15, -0.1) is 0 Å². The van der Waals surface area contributed by atoms with Crippen LogP contribution in [0.25, 0.3) is 10.9 Å². The minimum absolute atomic E-state index is 0.00159. The number of primary amides is 1. The summed E-state index contributed by atoms with van der Waals surface area (Å²) >= 11 is 0. The standard InChI is InChI=1S/C105H182N22O16/c1-15-17-18-19-20-21-22-23-24-25-26-27-31-53-87(128)115-77(48-34-39-54-106)94(132)123-86(63-74-64-112-76-47-33-32-46-75(74)76)102(140)118-79(50-36-41-56-108)96(134)121-83(60-67(5)6)100(138)122-85(62-73-44-29-28-30-45-73)101(139)117-78(49-35-40-55-107)95(133)116-81(52-38-43-58-110)98(136)127-91(71(13)16-2)103(141)113-65-88(129)114-72(14)93(131)125-89(69(9)10)105(143)124-84(61-68(7)8)99(137)119-80(51-37-42-57-109)97(135)126-90(70(11)12)104(142)120-82(92(111)130)59-66(3)4/h28-30,32-33,44-47,64,66-72,77-86,89-91,112H,15-27,31,34-43,48-63,65,106-110H2,1-14H3,(H2,111,130)(H,113,141)(H,114,129)(H,115,128)(H,116,133)(H,117,139)(H,118,140)(H,119,137)(H,120,142)(H,121,134)(H,122,138)(H,123,132)(H,124,143)(H,125,131)(H,126,135)(H,127,136)/t71-,72-,77-,78-,79-,80-,81-,82-,83-,84-,85-,86-,89-,90-,91-/m0/s1. The van der Waals surface area contributed by atoms with Crippen LogP contribution in [0.5, 0.6) is 0 Å². The zero-order valence-corrected chi connectivity index (χ0v) is 88.3. The maximum atomic E-state index is 15.2. The number of nitrogens with two attached hydrogens (primary N) is 6. The Morgan fingerprint density at radius 2 is 0.629 bits per heavy atom. The van der Waals surface area contributed by atoms with E-state index in [0.717, 1.165) is 36.6 Å². The van der Waals surface area contributed by atoms with E-state index in [1.54, 1.807) is 78.1 Å². The molecule has 28 N–H and O–H groups in total. The molecule has 0 fully saturated rings. The number of benzene rings is 2. The van der Waals surface area contributed by atoms with Crippen molar-refractivity contribution in [3.63, 3.8) is 0 Å². The third-order valence-electron chi connectivity index (χ3n) is 25.6. The molecule has 0 aliphatic rings. The molecule has 15 atom stereocenters. The molecule has 3 rings (SSSR count). The summed E-state index contributed by atoms with van der Waals surface area (Å²) in [4.78, 5) is 233. The van der Waals surface area contributed by atoms with Gasteiger partial charge in [-0.2, -0.15) is 0 Å². The van der Waals surface area contributed by atoms with E-state index in [1.165, 1.54) is 58.3 Å². The quantitative estimate of drug-likeness (QED) is 0.0289.